The minimum absolute atomic E-state index is 1.000. The summed E-state index contributed by atoms with van der Waals surface area (Å²) in [6.07, 6.45) is 3.96. The van der Waals surface area contributed by atoms with Gasteiger partial charge in [0.1, 0.15) is 0 Å². The zero-order valence-corrected chi connectivity index (χ0v) is 12.2. The van der Waals surface area contributed by atoms with Crippen LogP contribution >= 0.6 is 15.9 Å². The van der Waals surface area contributed by atoms with Gasteiger partial charge in [-0.3, -0.25) is 5.01 Å². The number of rotatable bonds is 3. The van der Waals surface area contributed by atoms with Gasteiger partial charge in [-0.2, -0.15) is 5.10 Å². The van der Waals surface area contributed by atoms with Crippen molar-refractivity contribution in [3.05, 3.63) is 40.4 Å². The zero-order chi connectivity index (χ0) is 12.8. The standard InChI is InChI=1S/C14H18BrN3/c1-17-7-9-18(10-8-17)16-12-14(15)11-13-5-3-2-4-6-13/h2-6,11-12H,7-10H2,1H3/p+1/b14-11+,16-12-. The lowest BCUT2D eigenvalue weighted by Gasteiger charge is -2.27. The second kappa shape index (κ2) is 6.71. The fourth-order valence-electron chi connectivity index (χ4n) is 1.87. The highest BCUT2D eigenvalue weighted by molar-refractivity contribution is 9.12. The first-order valence-electron chi connectivity index (χ1n) is 6.26. The number of nitrogens with zero attached hydrogens (tertiary/aromatic N) is 2. The molecular formula is C14H19BrN3+. The van der Waals surface area contributed by atoms with E-state index in [0.29, 0.717) is 0 Å². The maximum absolute atomic E-state index is 4.49. The quantitative estimate of drug-likeness (QED) is 0.833. The van der Waals surface area contributed by atoms with E-state index < -0.39 is 0 Å². The molecule has 1 fully saturated rings. The molecule has 3 nitrogen and oxygen atoms in total. The van der Waals surface area contributed by atoms with E-state index in [1.54, 1.807) is 4.90 Å². The molecule has 0 unspecified atom stereocenters. The SMILES string of the molecule is C[NH+]1CCN(/N=C\C(Br)=C/c2ccccc2)CC1. The molecule has 0 atom stereocenters. The Morgan fingerprint density at radius 3 is 2.61 bits per heavy atom. The number of piperazine rings is 1. The van der Waals surface area contributed by atoms with E-state index >= 15 is 0 Å². The van der Waals surface area contributed by atoms with Crippen molar-refractivity contribution in [3.8, 4) is 0 Å². The van der Waals surface area contributed by atoms with Gasteiger partial charge in [-0.1, -0.05) is 30.3 Å². The minimum Gasteiger partial charge on any atom is -0.334 e. The van der Waals surface area contributed by atoms with Crippen molar-refractivity contribution >= 4 is 28.2 Å². The third-order valence-electron chi connectivity index (χ3n) is 3.04. The first-order valence-corrected chi connectivity index (χ1v) is 7.06. The predicted octanol–water partition coefficient (Wildman–Crippen LogP) is 1.24. The first kappa shape index (κ1) is 13.3. The van der Waals surface area contributed by atoms with Crippen LogP contribution in [0.4, 0.5) is 0 Å². The fourth-order valence-corrected chi connectivity index (χ4v) is 2.23. The summed E-state index contributed by atoms with van der Waals surface area (Å²) in [5.74, 6) is 0. The second-order valence-corrected chi connectivity index (χ2v) is 5.51. The normalized spacial score (nSPS) is 18.6. The van der Waals surface area contributed by atoms with Gasteiger partial charge < -0.3 is 4.90 Å². The largest absolute Gasteiger partial charge is 0.334 e. The number of likely N-dealkylation sites (N-methyl/N-ethyl adjacent to an activating group) is 1. The number of allylic oxidation sites excluding steroid dienone is 1. The van der Waals surface area contributed by atoms with E-state index in [9.17, 15) is 0 Å². The Labute approximate surface area is 117 Å². The molecule has 2 rings (SSSR count). The molecular weight excluding hydrogens is 290 g/mol. The average molecular weight is 309 g/mol. The highest BCUT2D eigenvalue weighted by Crippen LogP contribution is 2.10. The lowest BCUT2D eigenvalue weighted by molar-refractivity contribution is -0.884. The summed E-state index contributed by atoms with van der Waals surface area (Å²) in [6.45, 7) is 4.40. The Hall–Kier alpha value is -1.13. The topological polar surface area (TPSA) is 20.0 Å². The third kappa shape index (κ3) is 4.27. The van der Waals surface area contributed by atoms with Crippen molar-refractivity contribution in [1.82, 2.24) is 5.01 Å². The van der Waals surface area contributed by atoms with Crippen molar-refractivity contribution in [1.29, 1.82) is 0 Å². The first-order chi connectivity index (χ1) is 8.74. The maximum atomic E-state index is 4.49. The second-order valence-electron chi connectivity index (χ2n) is 4.60. The zero-order valence-electron chi connectivity index (χ0n) is 10.6. The molecule has 96 valence electrons. The molecule has 0 spiro atoms. The number of hydrogen-bond acceptors (Lipinski definition) is 2. The van der Waals surface area contributed by atoms with E-state index in [4.69, 9.17) is 0 Å². The van der Waals surface area contributed by atoms with Crippen LogP contribution in [0.15, 0.2) is 39.9 Å². The van der Waals surface area contributed by atoms with Crippen molar-refractivity contribution in [2.75, 3.05) is 33.2 Å². The molecule has 0 aliphatic carbocycles. The highest BCUT2D eigenvalue weighted by atomic mass is 79.9. The van der Waals surface area contributed by atoms with Crippen LogP contribution in [0.25, 0.3) is 6.08 Å². The number of quaternary nitrogens is 1. The molecule has 1 heterocycles. The molecule has 0 aromatic heterocycles. The summed E-state index contributed by atoms with van der Waals surface area (Å²) in [5.41, 5.74) is 1.18. The molecule has 1 aliphatic heterocycles. The van der Waals surface area contributed by atoms with Crippen LogP contribution in [0, 0.1) is 0 Å². The molecule has 0 amide bonds. The number of halogens is 1. The summed E-state index contributed by atoms with van der Waals surface area (Å²) in [5, 5.41) is 6.63. The molecule has 1 aliphatic rings. The molecule has 1 aromatic carbocycles. The van der Waals surface area contributed by atoms with Crippen LogP contribution in [0.1, 0.15) is 5.56 Å². The summed E-state index contributed by atoms with van der Waals surface area (Å²) in [4.78, 5) is 1.58. The smallest absolute Gasteiger partial charge is 0.0964 e. The molecule has 0 bridgehead atoms. The van der Waals surface area contributed by atoms with Crippen LogP contribution in [-0.4, -0.2) is 44.5 Å². The van der Waals surface area contributed by atoms with Crippen LogP contribution in [0.3, 0.4) is 0 Å². The van der Waals surface area contributed by atoms with Gasteiger partial charge in [-0.15, -0.1) is 0 Å². The van der Waals surface area contributed by atoms with Gasteiger partial charge in [-0.25, -0.2) is 0 Å². The predicted molar refractivity (Wildman–Crippen MR) is 80.0 cm³/mol. The third-order valence-corrected chi connectivity index (χ3v) is 3.48. The molecule has 0 radical (unpaired) electrons. The van der Waals surface area contributed by atoms with E-state index in [1.807, 2.05) is 24.4 Å². The minimum atomic E-state index is 1.000. The van der Waals surface area contributed by atoms with Gasteiger partial charge in [0.05, 0.1) is 39.4 Å². The van der Waals surface area contributed by atoms with Gasteiger partial charge >= 0.3 is 0 Å². The molecule has 4 heteroatoms. The van der Waals surface area contributed by atoms with E-state index in [0.717, 1.165) is 30.7 Å². The molecule has 1 N–H and O–H groups in total. The molecule has 1 saturated heterocycles. The van der Waals surface area contributed by atoms with Crippen molar-refractivity contribution in [2.45, 2.75) is 0 Å². The Balaban J connectivity index is 1.91. The van der Waals surface area contributed by atoms with Crippen LogP contribution < -0.4 is 4.90 Å². The fraction of sp³-hybridized carbons (Fsp3) is 0.357. The maximum Gasteiger partial charge on any atom is 0.0964 e. The van der Waals surface area contributed by atoms with Crippen molar-refractivity contribution < 1.29 is 4.90 Å². The Kier molecular flexibility index (Phi) is 4.96. The number of nitrogens with one attached hydrogen (secondary N) is 1. The highest BCUT2D eigenvalue weighted by Gasteiger charge is 2.13. The van der Waals surface area contributed by atoms with E-state index in [2.05, 4.69) is 51.3 Å². The number of benzene rings is 1. The summed E-state index contributed by atoms with van der Waals surface area (Å²) in [7, 11) is 2.23. The summed E-state index contributed by atoms with van der Waals surface area (Å²) < 4.78 is 1.000. The number of hydrazone groups is 1. The van der Waals surface area contributed by atoms with Crippen LogP contribution in [-0.2, 0) is 0 Å². The van der Waals surface area contributed by atoms with Crippen molar-refractivity contribution in [2.24, 2.45) is 5.10 Å². The summed E-state index contributed by atoms with van der Waals surface area (Å²) in [6, 6.07) is 10.2. The van der Waals surface area contributed by atoms with Gasteiger partial charge in [0.25, 0.3) is 0 Å². The Morgan fingerprint density at radius 2 is 1.94 bits per heavy atom. The van der Waals surface area contributed by atoms with Crippen LogP contribution in [0.5, 0.6) is 0 Å². The lowest BCUT2D eigenvalue weighted by atomic mass is 10.2. The van der Waals surface area contributed by atoms with Crippen LogP contribution in [0.2, 0.25) is 0 Å². The van der Waals surface area contributed by atoms with Gasteiger partial charge in [0, 0.05) is 4.48 Å². The Bertz CT molecular complexity index is 420. The summed E-state index contributed by atoms with van der Waals surface area (Å²) >= 11 is 3.53. The van der Waals surface area contributed by atoms with Gasteiger partial charge in [-0.05, 0) is 27.6 Å². The van der Waals surface area contributed by atoms with Crippen molar-refractivity contribution in [3.63, 3.8) is 0 Å². The molecule has 18 heavy (non-hydrogen) atoms. The Morgan fingerprint density at radius 1 is 1.28 bits per heavy atom. The molecule has 1 aromatic rings. The lowest BCUT2D eigenvalue weighted by Crippen LogP contribution is -3.11. The number of hydrogen-bond donors (Lipinski definition) is 1. The van der Waals surface area contributed by atoms with Gasteiger partial charge in [0.2, 0.25) is 0 Å². The monoisotopic (exact) mass is 308 g/mol. The van der Waals surface area contributed by atoms with E-state index in [-0.39, 0.29) is 0 Å². The van der Waals surface area contributed by atoms with Gasteiger partial charge in [0.15, 0.2) is 0 Å². The average Bonchev–Trinajstić information content (AvgIpc) is 2.39. The molecule has 0 saturated carbocycles. The van der Waals surface area contributed by atoms with E-state index in [1.165, 1.54) is 5.56 Å².